The van der Waals surface area contributed by atoms with E-state index in [-0.39, 0.29) is 18.8 Å². The minimum absolute atomic E-state index is 0.121. The molecule has 3 heterocycles. The lowest BCUT2D eigenvalue weighted by Crippen LogP contribution is -2.35. The number of ether oxygens (including phenoxy) is 1. The van der Waals surface area contributed by atoms with Crippen LogP contribution in [-0.2, 0) is 15.3 Å². The Hall–Kier alpha value is -2.50. The summed E-state index contributed by atoms with van der Waals surface area (Å²) in [6, 6.07) is 15.3. The molecule has 15 heteroatoms. The van der Waals surface area contributed by atoms with Gasteiger partial charge in [-0.05, 0) is 75.7 Å². The average molecular weight is 670 g/mol. The molecule has 0 amide bonds. The molecule has 2 fully saturated rings. The number of nitrogens with zero attached hydrogens (tertiary/aromatic N) is 4. The fourth-order valence-corrected chi connectivity index (χ4v) is 14.9. The first kappa shape index (κ1) is 32.9. The minimum Gasteiger partial charge on any atom is -0.493 e. The van der Waals surface area contributed by atoms with Crippen molar-refractivity contribution in [3.63, 3.8) is 0 Å². The van der Waals surface area contributed by atoms with Crippen LogP contribution < -0.4 is 10.1 Å². The number of ketones is 1. The van der Waals surface area contributed by atoms with Crippen molar-refractivity contribution >= 4 is 37.0 Å². The number of carbonyl (C=O) groups is 1. The number of benzene rings is 2. The van der Waals surface area contributed by atoms with Gasteiger partial charge < -0.3 is 10.1 Å². The molecule has 3 aromatic rings. The summed E-state index contributed by atoms with van der Waals surface area (Å²) in [6.45, 7) is 2.55. The Morgan fingerprint density at radius 2 is 1.30 bits per heavy atom. The van der Waals surface area contributed by atoms with Crippen LogP contribution in [0.2, 0.25) is 0 Å². The van der Waals surface area contributed by atoms with Crippen molar-refractivity contribution in [2.45, 2.75) is 18.1 Å². The van der Waals surface area contributed by atoms with Crippen molar-refractivity contribution in [1.29, 1.82) is 0 Å². The Morgan fingerprint density at radius 3 is 1.77 bits per heavy atom. The molecule has 2 aromatic carbocycles. The maximum absolute atomic E-state index is 14.5. The van der Waals surface area contributed by atoms with E-state index in [2.05, 4.69) is 5.32 Å². The molecule has 5 rings (SSSR count). The first-order valence-corrected chi connectivity index (χ1v) is 18.3. The highest BCUT2D eigenvalue weighted by atomic mass is 32.1. The second-order valence-corrected chi connectivity index (χ2v) is 18.6. The van der Waals surface area contributed by atoms with Gasteiger partial charge in [0.2, 0.25) is 14.9 Å². The number of anilines is 1. The van der Waals surface area contributed by atoms with Crippen molar-refractivity contribution in [3.05, 3.63) is 71.1 Å². The Morgan fingerprint density at radius 1 is 0.818 bits per heavy atom. The SMILES string of the molecule is CN1CCN(C)P1(=O)C(Nc1ccc(C(=O)CCOc2ccc(-c3ccc(C(F)(F)F)cc3)cc2)s1)P1(=O)N(C)CCN1C. The highest BCUT2D eigenvalue weighted by molar-refractivity contribution is 7.77. The summed E-state index contributed by atoms with van der Waals surface area (Å²) in [5.41, 5.74) is -0.167. The smallest absolute Gasteiger partial charge is 0.416 e. The summed E-state index contributed by atoms with van der Waals surface area (Å²) in [4.78, 5) is 13.5. The van der Waals surface area contributed by atoms with E-state index in [1.165, 1.54) is 23.5 Å². The molecule has 2 aliphatic heterocycles. The van der Waals surface area contributed by atoms with Gasteiger partial charge in [-0.2, -0.15) is 13.2 Å². The Kier molecular flexibility index (Phi) is 9.50. The number of carbonyl (C=O) groups excluding carboxylic acids is 1. The topological polar surface area (TPSA) is 85.4 Å². The summed E-state index contributed by atoms with van der Waals surface area (Å²) in [5.74, 6) is 0.415. The van der Waals surface area contributed by atoms with Crippen LogP contribution in [0.3, 0.4) is 0 Å². The fraction of sp³-hybridized carbons (Fsp3) is 0.414. The molecule has 9 nitrogen and oxygen atoms in total. The van der Waals surface area contributed by atoms with Gasteiger partial charge >= 0.3 is 6.18 Å². The van der Waals surface area contributed by atoms with Crippen molar-refractivity contribution in [2.24, 2.45) is 0 Å². The minimum atomic E-state index is -4.38. The molecule has 44 heavy (non-hydrogen) atoms. The van der Waals surface area contributed by atoms with Gasteiger partial charge in [-0.25, -0.2) is 18.7 Å². The predicted octanol–water partition coefficient (Wildman–Crippen LogP) is 6.92. The largest absolute Gasteiger partial charge is 0.493 e. The molecule has 1 aromatic heterocycles. The van der Waals surface area contributed by atoms with Gasteiger partial charge in [-0.3, -0.25) is 13.9 Å². The van der Waals surface area contributed by atoms with Crippen LogP contribution in [0.1, 0.15) is 21.7 Å². The normalized spacial score (nSPS) is 19.5. The molecule has 238 valence electrons. The lowest BCUT2D eigenvalue weighted by atomic mass is 10.0. The third-order valence-electron chi connectivity index (χ3n) is 8.24. The highest BCUT2D eigenvalue weighted by Gasteiger charge is 2.58. The summed E-state index contributed by atoms with van der Waals surface area (Å²) in [5, 5.41) is 3.96. The van der Waals surface area contributed by atoms with E-state index in [1.807, 2.05) is 0 Å². The van der Waals surface area contributed by atoms with Crippen LogP contribution >= 0.6 is 26.2 Å². The lowest BCUT2D eigenvalue weighted by molar-refractivity contribution is -0.137. The van der Waals surface area contributed by atoms with E-state index in [9.17, 15) is 27.1 Å². The second kappa shape index (κ2) is 12.7. The lowest BCUT2D eigenvalue weighted by Gasteiger charge is -2.40. The molecule has 2 saturated heterocycles. The van der Waals surface area contributed by atoms with Crippen molar-refractivity contribution in [3.8, 4) is 16.9 Å². The number of alkyl halides is 3. The van der Waals surface area contributed by atoms with E-state index < -0.39 is 32.2 Å². The summed E-state index contributed by atoms with van der Waals surface area (Å²) < 4.78 is 80.4. The molecular formula is C29H36F3N5O4P2S. The van der Waals surface area contributed by atoms with Crippen molar-refractivity contribution in [1.82, 2.24) is 18.7 Å². The molecule has 0 atom stereocenters. The molecule has 0 radical (unpaired) electrons. The number of thiophene rings is 1. The van der Waals surface area contributed by atoms with Gasteiger partial charge in [0.25, 0.3) is 0 Å². The quantitative estimate of drug-likeness (QED) is 0.183. The third-order valence-corrected chi connectivity index (χ3v) is 17.3. The van der Waals surface area contributed by atoms with Gasteiger partial charge in [-0.1, -0.05) is 24.3 Å². The second-order valence-electron chi connectivity index (χ2n) is 11.0. The van der Waals surface area contributed by atoms with Crippen LogP contribution in [0.25, 0.3) is 11.1 Å². The standard InChI is InChI=1S/C29H36F3N5O4P2S/c1-34-16-17-35(2)42(34,39)28(43(40)36(3)18-19-37(43)4)33-27-14-13-26(44-27)25(38)15-20-41-24-11-7-22(8-12-24)21-5-9-23(10-6-21)29(30,31)32/h5-14,28,33H,15-20H2,1-4H3. The van der Waals surface area contributed by atoms with Crippen LogP contribution in [0.4, 0.5) is 18.2 Å². The van der Waals surface area contributed by atoms with Gasteiger partial charge in [0.15, 0.2) is 11.3 Å². The van der Waals surface area contributed by atoms with Crippen LogP contribution in [0.5, 0.6) is 5.75 Å². The zero-order chi connectivity index (χ0) is 31.9. The monoisotopic (exact) mass is 669 g/mol. The Bertz CT molecular complexity index is 1520. The molecule has 0 bridgehead atoms. The zero-order valence-electron chi connectivity index (χ0n) is 25.0. The molecular weight excluding hydrogens is 633 g/mol. The summed E-state index contributed by atoms with van der Waals surface area (Å²) in [6.07, 6.45) is -4.26. The molecule has 0 saturated carbocycles. The summed E-state index contributed by atoms with van der Waals surface area (Å²) in [7, 11) is 0.694. The molecule has 0 aliphatic carbocycles. The number of Topliss-reactive ketones (excluding diaryl/α,β-unsaturated/α-hetero) is 1. The van der Waals surface area contributed by atoms with E-state index in [0.717, 1.165) is 17.7 Å². The van der Waals surface area contributed by atoms with Crippen molar-refractivity contribution < 1.29 is 31.8 Å². The van der Waals surface area contributed by atoms with E-state index in [1.54, 1.807) is 83.3 Å². The Labute approximate surface area is 259 Å². The maximum atomic E-state index is 14.5. The maximum Gasteiger partial charge on any atom is 0.416 e. The number of hydrogen-bond acceptors (Lipinski definition) is 6. The predicted molar refractivity (Wildman–Crippen MR) is 169 cm³/mol. The summed E-state index contributed by atoms with van der Waals surface area (Å²) >= 11 is 1.23. The van der Waals surface area contributed by atoms with E-state index in [4.69, 9.17) is 4.74 Å². The zero-order valence-corrected chi connectivity index (χ0v) is 27.6. The highest BCUT2D eigenvalue weighted by Crippen LogP contribution is 2.74. The fourth-order valence-electron chi connectivity index (χ4n) is 5.46. The first-order valence-electron chi connectivity index (χ1n) is 14.1. The van der Waals surface area contributed by atoms with Gasteiger partial charge in [0, 0.05) is 32.6 Å². The van der Waals surface area contributed by atoms with Gasteiger partial charge in [-0.15, -0.1) is 11.3 Å². The Balaban J connectivity index is 1.21. The average Bonchev–Trinajstić information content (AvgIpc) is 3.65. The number of rotatable bonds is 10. The third kappa shape index (κ3) is 6.29. The van der Waals surface area contributed by atoms with Gasteiger partial charge in [0.1, 0.15) is 5.75 Å². The molecule has 1 N–H and O–H groups in total. The number of hydrogen-bond donors (Lipinski definition) is 1. The van der Waals surface area contributed by atoms with Crippen LogP contribution in [0, 0.1) is 0 Å². The number of halogens is 3. The van der Waals surface area contributed by atoms with E-state index in [0.29, 0.717) is 47.4 Å². The van der Waals surface area contributed by atoms with Crippen LogP contribution in [0.15, 0.2) is 60.7 Å². The van der Waals surface area contributed by atoms with E-state index >= 15 is 0 Å². The molecule has 0 unspecified atom stereocenters. The molecule has 2 aliphatic rings. The van der Waals surface area contributed by atoms with Crippen LogP contribution in [-0.4, -0.2) is 91.0 Å². The molecule has 0 spiro atoms. The first-order chi connectivity index (χ1) is 20.7. The number of likely N-dealkylation sites (N-methyl/N-ethyl adjacent to an activating group) is 4. The number of nitrogens with one attached hydrogen (secondary N) is 1. The van der Waals surface area contributed by atoms with Crippen molar-refractivity contribution in [2.75, 3.05) is 66.3 Å². The van der Waals surface area contributed by atoms with Gasteiger partial charge in [0.05, 0.1) is 22.0 Å².